The maximum absolute atomic E-state index is 12.7. The van der Waals surface area contributed by atoms with Gasteiger partial charge >= 0.3 is 0 Å². The van der Waals surface area contributed by atoms with Crippen LogP contribution in [0.5, 0.6) is 0 Å². The van der Waals surface area contributed by atoms with Gasteiger partial charge in [0.1, 0.15) is 0 Å². The lowest BCUT2D eigenvalue weighted by Gasteiger charge is -2.26. The van der Waals surface area contributed by atoms with Crippen LogP contribution in [0.25, 0.3) is 0 Å². The van der Waals surface area contributed by atoms with Crippen molar-refractivity contribution in [3.8, 4) is 0 Å². The van der Waals surface area contributed by atoms with Crippen LogP contribution in [0.2, 0.25) is 0 Å². The van der Waals surface area contributed by atoms with E-state index in [0.29, 0.717) is 23.6 Å². The first-order chi connectivity index (χ1) is 11.0. The lowest BCUT2D eigenvalue weighted by atomic mass is 10.0. The van der Waals surface area contributed by atoms with E-state index >= 15 is 0 Å². The number of nitrogens with zero attached hydrogens (tertiary/aromatic N) is 2. The third-order valence-corrected chi connectivity index (χ3v) is 5.90. The summed E-state index contributed by atoms with van der Waals surface area (Å²) in [6.45, 7) is 8.23. The Labute approximate surface area is 145 Å². The van der Waals surface area contributed by atoms with Crippen molar-refractivity contribution in [3.63, 3.8) is 0 Å². The fourth-order valence-electron chi connectivity index (χ4n) is 3.49. The molecule has 1 aromatic rings. The molecule has 0 aromatic heterocycles. The second-order valence-electron chi connectivity index (χ2n) is 7.35. The Morgan fingerprint density at radius 1 is 1.33 bits per heavy atom. The number of hydrogen-bond donors (Lipinski definition) is 0. The van der Waals surface area contributed by atoms with Gasteiger partial charge in [0.05, 0.1) is 11.9 Å². The second kappa shape index (κ2) is 6.75. The minimum Gasteiger partial charge on any atom is -0.339 e. The molecule has 0 fully saturated rings. The van der Waals surface area contributed by atoms with Crippen molar-refractivity contribution in [2.75, 3.05) is 17.6 Å². The predicted octanol–water partition coefficient (Wildman–Crippen LogP) is 2.90. The summed E-state index contributed by atoms with van der Waals surface area (Å²) in [7, 11) is -1.48. The number of rotatable bonds is 5. The standard InChI is InChI=1S/C18H28N2O3S/c1-12(2)9-13(3)19(5)18(21)15-7-8-17-16(11-15)10-14(4)20(17)24(6,22)23/h7-8,11-14H,9-10H2,1-6H3/t13-,14-/m0/s1. The van der Waals surface area contributed by atoms with E-state index in [1.807, 2.05) is 20.0 Å². The van der Waals surface area contributed by atoms with Crippen molar-refractivity contribution in [1.29, 1.82) is 0 Å². The number of benzene rings is 1. The second-order valence-corrected chi connectivity index (χ2v) is 9.21. The van der Waals surface area contributed by atoms with E-state index in [4.69, 9.17) is 0 Å². The summed E-state index contributed by atoms with van der Waals surface area (Å²) < 4.78 is 25.4. The quantitative estimate of drug-likeness (QED) is 0.819. The number of amides is 1. The van der Waals surface area contributed by atoms with Crippen molar-refractivity contribution in [1.82, 2.24) is 4.90 Å². The Morgan fingerprint density at radius 2 is 1.96 bits per heavy atom. The summed E-state index contributed by atoms with van der Waals surface area (Å²) in [5.74, 6) is 0.510. The molecule has 5 nitrogen and oxygen atoms in total. The van der Waals surface area contributed by atoms with Crippen LogP contribution < -0.4 is 4.31 Å². The molecule has 134 valence electrons. The van der Waals surface area contributed by atoms with Crippen LogP contribution in [0.15, 0.2) is 18.2 Å². The lowest BCUT2D eigenvalue weighted by Crippen LogP contribution is -2.36. The molecule has 1 heterocycles. The zero-order chi connectivity index (χ0) is 18.2. The van der Waals surface area contributed by atoms with Crippen molar-refractivity contribution in [3.05, 3.63) is 29.3 Å². The van der Waals surface area contributed by atoms with E-state index in [2.05, 4.69) is 20.8 Å². The highest BCUT2D eigenvalue weighted by molar-refractivity contribution is 7.92. The van der Waals surface area contributed by atoms with Crippen molar-refractivity contribution >= 4 is 21.6 Å². The molecule has 0 N–H and O–H groups in total. The summed E-state index contributed by atoms with van der Waals surface area (Å²) >= 11 is 0. The monoisotopic (exact) mass is 352 g/mol. The van der Waals surface area contributed by atoms with E-state index in [9.17, 15) is 13.2 Å². The maximum Gasteiger partial charge on any atom is 0.253 e. The van der Waals surface area contributed by atoms with Crippen molar-refractivity contribution in [2.45, 2.75) is 52.6 Å². The largest absolute Gasteiger partial charge is 0.339 e. The molecule has 1 aliphatic rings. The molecule has 0 unspecified atom stereocenters. The highest BCUT2D eigenvalue weighted by Crippen LogP contribution is 2.35. The highest BCUT2D eigenvalue weighted by atomic mass is 32.2. The zero-order valence-corrected chi connectivity index (χ0v) is 16.2. The molecule has 24 heavy (non-hydrogen) atoms. The summed E-state index contributed by atoms with van der Waals surface area (Å²) in [5.41, 5.74) is 2.23. The molecule has 0 spiro atoms. The van der Waals surface area contributed by atoms with Crippen LogP contribution in [-0.4, -0.2) is 44.6 Å². The average Bonchev–Trinajstić information content (AvgIpc) is 2.79. The van der Waals surface area contributed by atoms with Crippen LogP contribution in [-0.2, 0) is 16.4 Å². The fourth-order valence-corrected chi connectivity index (χ4v) is 4.75. The number of sulfonamides is 1. The van der Waals surface area contributed by atoms with Gasteiger partial charge in [0.2, 0.25) is 10.0 Å². The van der Waals surface area contributed by atoms with Gasteiger partial charge in [0, 0.05) is 24.7 Å². The molecule has 1 aliphatic heterocycles. The zero-order valence-electron chi connectivity index (χ0n) is 15.4. The van der Waals surface area contributed by atoms with Gasteiger partial charge < -0.3 is 4.90 Å². The van der Waals surface area contributed by atoms with E-state index in [-0.39, 0.29) is 18.0 Å². The topological polar surface area (TPSA) is 57.7 Å². The van der Waals surface area contributed by atoms with E-state index < -0.39 is 10.0 Å². The Kier molecular flexibility index (Phi) is 5.28. The number of hydrogen-bond acceptors (Lipinski definition) is 3. The third kappa shape index (κ3) is 3.74. The molecule has 6 heteroatoms. The summed E-state index contributed by atoms with van der Waals surface area (Å²) in [5, 5.41) is 0. The van der Waals surface area contributed by atoms with Gasteiger partial charge in [-0.15, -0.1) is 0 Å². The molecule has 0 saturated carbocycles. The van der Waals surface area contributed by atoms with Crippen molar-refractivity contribution in [2.24, 2.45) is 5.92 Å². The number of fused-ring (bicyclic) bond motifs is 1. The Hall–Kier alpha value is -1.56. The van der Waals surface area contributed by atoms with Gasteiger partial charge in [-0.3, -0.25) is 9.10 Å². The molecule has 0 radical (unpaired) electrons. The molecule has 0 saturated heterocycles. The third-order valence-electron chi connectivity index (χ3n) is 4.63. The molecular weight excluding hydrogens is 324 g/mol. The lowest BCUT2D eigenvalue weighted by molar-refractivity contribution is 0.0728. The minimum atomic E-state index is -3.30. The molecule has 0 aliphatic carbocycles. The van der Waals surface area contributed by atoms with E-state index in [1.165, 1.54) is 10.6 Å². The first-order valence-electron chi connectivity index (χ1n) is 8.41. The van der Waals surface area contributed by atoms with Crippen LogP contribution >= 0.6 is 0 Å². The van der Waals surface area contributed by atoms with Crippen LogP contribution in [0.1, 0.15) is 50.0 Å². The van der Waals surface area contributed by atoms with Gasteiger partial charge in [0.15, 0.2) is 0 Å². The van der Waals surface area contributed by atoms with E-state index in [1.54, 1.807) is 17.0 Å². The molecular formula is C18H28N2O3S. The molecule has 2 rings (SSSR count). The van der Waals surface area contributed by atoms with Crippen molar-refractivity contribution < 1.29 is 13.2 Å². The normalized spacial score (nSPS) is 18.6. The molecule has 1 amide bonds. The summed E-state index contributed by atoms with van der Waals surface area (Å²) in [6, 6.07) is 5.39. The van der Waals surface area contributed by atoms with Gasteiger partial charge in [0.25, 0.3) is 5.91 Å². The first kappa shape index (κ1) is 18.8. The van der Waals surface area contributed by atoms with Gasteiger partial charge in [-0.05, 0) is 56.4 Å². The van der Waals surface area contributed by atoms with Crippen LogP contribution in [0.3, 0.4) is 0 Å². The predicted molar refractivity (Wildman–Crippen MR) is 97.9 cm³/mol. The molecule has 1 aromatic carbocycles. The van der Waals surface area contributed by atoms with Gasteiger partial charge in [-0.2, -0.15) is 0 Å². The van der Waals surface area contributed by atoms with Gasteiger partial charge in [-0.1, -0.05) is 13.8 Å². The number of carbonyl (C=O) groups excluding carboxylic acids is 1. The highest BCUT2D eigenvalue weighted by Gasteiger charge is 2.33. The Bertz CT molecular complexity index is 728. The number of carbonyl (C=O) groups is 1. The molecule has 0 bridgehead atoms. The Balaban J connectivity index is 2.27. The summed E-state index contributed by atoms with van der Waals surface area (Å²) in [4.78, 5) is 14.5. The summed E-state index contributed by atoms with van der Waals surface area (Å²) in [6.07, 6.45) is 2.81. The average molecular weight is 353 g/mol. The maximum atomic E-state index is 12.7. The molecule has 2 atom stereocenters. The SMILES string of the molecule is CC(C)C[C@H](C)N(C)C(=O)c1ccc2c(c1)C[C@H](C)N2S(C)(=O)=O. The minimum absolute atomic E-state index is 0.0172. The van der Waals surface area contributed by atoms with Gasteiger partial charge in [-0.25, -0.2) is 8.42 Å². The fraction of sp³-hybridized carbons (Fsp3) is 0.611. The van der Waals surface area contributed by atoms with E-state index in [0.717, 1.165) is 12.0 Å². The first-order valence-corrected chi connectivity index (χ1v) is 10.3. The number of anilines is 1. The Morgan fingerprint density at radius 3 is 2.50 bits per heavy atom. The smallest absolute Gasteiger partial charge is 0.253 e. The van der Waals surface area contributed by atoms with Crippen LogP contribution in [0, 0.1) is 5.92 Å². The van der Waals surface area contributed by atoms with Crippen LogP contribution in [0.4, 0.5) is 5.69 Å².